The summed E-state index contributed by atoms with van der Waals surface area (Å²) in [6.45, 7) is 0.312. The number of furan rings is 2. The maximum atomic E-state index is 12.6. The SMILES string of the molecule is COc1ccccc1NC=C(C(=O)NCc1ccco1)C(=O)NCc1ccco1. The molecule has 0 unspecified atom stereocenters. The molecule has 0 spiro atoms. The van der Waals surface area contributed by atoms with Crippen LogP contribution in [-0.4, -0.2) is 18.9 Å². The Hall–Kier alpha value is -3.94. The molecule has 150 valence electrons. The molecule has 0 fully saturated rings. The van der Waals surface area contributed by atoms with Crippen molar-refractivity contribution >= 4 is 17.5 Å². The molecule has 29 heavy (non-hydrogen) atoms. The van der Waals surface area contributed by atoms with Crippen molar-refractivity contribution in [3.8, 4) is 5.75 Å². The quantitative estimate of drug-likeness (QED) is 0.292. The van der Waals surface area contributed by atoms with E-state index in [0.29, 0.717) is 23.0 Å². The van der Waals surface area contributed by atoms with Crippen LogP contribution in [0.1, 0.15) is 11.5 Å². The Morgan fingerprint density at radius 2 is 1.48 bits per heavy atom. The first-order chi connectivity index (χ1) is 14.2. The zero-order chi connectivity index (χ0) is 20.5. The lowest BCUT2D eigenvalue weighted by atomic mass is 10.2. The first-order valence-electron chi connectivity index (χ1n) is 8.88. The van der Waals surface area contributed by atoms with E-state index in [1.165, 1.54) is 25.8 Å². The van der Waals surface area contributed by atoms with E-state index in [0.717, 1.165) is 0 Å². The molecule has 2 heterocycles. The zero-order valence-electron chi connectivity index (χ0n) is 15.8. The molecular formula is C21H21N3O5. The summed E-state index contributed by atoms with van der Waals surface area (Å²) in [7, 11) is 1.54. The van der Waals surface area contributed by atoms with Crippen LogP contribution in [0.2, 0.25) is 0 Å². The van der Waals surface area contributed by atoms with Gasteiger partial charge in [-0.2, -0.15) is 0 Å². The molecule has 0 saturated heterocycles. The van der Waals surface area contributed by atoms with Gasteiger partial charge in [-0.25, -0.2) is 0 Å². The molecule has 0 bridgehead atoms. The number of carbonyl (C=O) groups excluding carboxylic acids is 2. The van der Waals surface area contributed by atoms with Gasteiger partial charge in [-0.3, -0.25) is 9.59 Å². The molecule has 8 heteroatoms. The molecule has 8 nitrogen and oxygen atoms in total. The predicted molar refractivity (Wildman–Crippen MR) is 106 cm³/mol. The van der Waals surface area contributed by atoms with Crippen molar-refractivity contribution in [2.75, 3.05) is 12.4 Å². The van der Waals surface area contributed by atoms with Gasteiger partial charge in [-0.15, -0.1) is 0 Å². The number of benzene rings is 1. The van der Waals surface area contributed by atoms with Crippen LogP contribution >= 0.6 is 0 Å². The van der Waals surface area contributed by atoms with Gasteiger partial charge in [0.1, 0.15) is 22.8 Å². The Morgan fingerprint density at radius 1 is 0.897 bits per heavy atom. The number of amides is 2. The monoisotopic (exact) mass is 395 g/mol. The lowest BCUT2D eigenvalue weighted by molar-refractivity contribution is -0.123. The number of para-hydroxylation sites is 2. The van der Waals surface area contributed by atoms with Crippen LogP contribution in [0.25, 0.3) is 0 Å². The van der Waals surface area contributed by atoms with E-state index >= 15 is 0 Å². The number of carbonyl (C=O) groups is 2. The van der Waals surface area contributed by atoms with E-state index in [9.17, 15) is 9.59 Å². The molecule has 0 saturated carbocycles. The number of hydrogen-bond acceptors (Lipinski definition) is 6. The number of nitrogens with one attached hydrogen (secondary N) is 3. The molecule has 2 aromatic heterocycles. The van der Waals surface area contributed by atoms with Crippen molar-refractivity contribution < 1.29 is 23.2 Å². The summed E-state index contributed by atoms with van der Waals surface area (Å²) in [5.74, 6) is 0.620. The van der Waals surface area contributed by atoms with E-state index in [2.05, 4.69) is 16.0 Å². The van der Waals surface area contributed by atoms with Gasteiger partial charge in [0.15, 0.2) is 0 Å². The second-order valence-corrected chi connectivity index (χ2v) is 5.93. The standard InChI is InChI=1S/C21H21N3O5/c1-27-19-9-3-2-8-18(19)22-14-17(20(25)23-12-15-6-4-10-28-15)21(26)24-13-16-7-5-11-29-16/h2-11,14,22H,12-13H2,1H3,(H,23,25)(H,24,26). The van der Waals surface area contributed by atoms with Crippen LogP contribution < -0.4 is 20.7 Å². The predicted octanol–water partition coefficient (Wildman–Crippen LogP) is 2.81. The minimum atomic E-state index is -0.555. The summed E-state index contributed by atoms with van der Waals surface area (Å²) < 4.78 is 15.7. The second-order valence-electron chi connectivity index (χ2n) is 5.93. The Bertz CT molecular complexity index is 910. The zero-order valence-corrected chi connectivity index (χ0v) is 15.8. The van der Waals surface area contributed by atoms with Gasteiger partial charge in [-0.05, 0) is 36.4 Å². The minimum absolute atomic E-state index is 0.103. The van der Waals surface area contributed by atoms with Gasteiger partial charge in [-0.1, -0.05) is 12.1 Å². The maximum absolute atomic E-state index is 12.6. The van der Waals surface area contributed by atoms with Gasteiger partial charge >= 0.3 is 0 Å². The third-order valence-corrected chi connectivity index (χ3v) is 3.97. The average molecular weight is 395 g/mol. The first kappa shape index (κ1) is 19.8. The minimum Gasteiger partial charge on any atom is -0.495 e. The van der Waals surface area contributed by atoms with Crippen molar-refractivity contribution in [2.45, 2.75) is 13.1 Å². The Labute approximate surface area is 167 Å². The van der Waals surface area contributed by atoms with E-state index in [-0.39, 0.29) is 18.7 Å². The van der Waals surface area contributed by atoms with Crippen LogP contribution in [0.3, 0.4) is 0 Å². The van der Waals surface area contributed by atoms with Crippen molar-refractivity contribution in [2.24, 2.45) is 0 Å². The summed E-state index contributed by atoms with van der Waals surface area (Å²) in [5, 5.41) is 8.29. The number of hydrogen-bond donors (Lipinski definition) is 3. The smallest absolute Gasteiger partial charge is 0.258 e. The summed E-state index contributed by atoms with van der Waals surface area (Å²) in [6.07, 6.45) is 4.36. The van der Waals surface area contributed by atoms with Crippen LogP contribution in [0.15, 0.2) is 81.7 Å². The van der Waals surface area contributed by atoms with Gasteiger partial charge in [0.25, 0.3) is 11.8 Å². The fourth-order valence-corrected chi connectivity index (χ4v) is 2.50. The summed E-state index contributed by atoms with van der Waals surface area (Å²) >= 11 is 0. The van der Waals surface area contributed by atoms with E-state index < -0.39 is 11.8 Å². The van der Waals surface area contributed by atoms with Crippen LogP contribution in [0.4, 0.5) is 5.69 Å². The summed E-state index contributed by atoms with van der Waals surface area (Å²) in [4.78, 5) is 25.3. The number of rotatable bonds is 9. The molecule has 3 aromatic rings. The fraction of sp³-hybridized carbons (Fsp3) is 0.143. The molecule has 0 aliphatic heterocycles. The molecular weight excluding hydrogens is 374 g/mol. The topological polar surface area (TPSA) is 106 Å². The largest absolute Gasteiger partial charge is 0.495 e. The highest BCUT2D eigenvalue weighted by atomic mass is 16.5. The summed E-state index contributed by atoms with van der Waals surface area (Å²) in [5.41, 5.74) is 0.513. The molecule has 0 aliphatic carbocycles. The molecule has 0 aliphatic rings. The molecule has 2 amide bonds. The molecule has 3 rings (SSSR count). The Balaban J connectivity index is 1.73. The highest BCUT2D eigenvalue weighted by molar-refractivity contribution is 6.18. The van der Waals surface area contributed by atoms with Gasteiger partial charge < -0.3 is 29.5 Å². The highest BCUT2D eigenvalue weighted by Gasteiger charge is 2.19. The van der Waals surface area contributed by atoms with Crippen LogP contribution in [0, 0.1) is 0 Å². The summed E-state index contributed by atoms with van der Waals surface area (Å²) in [6, 6.07) is 14.1. The first-order valence-corrected chi connectivity index (χ1v) is 8.88. The van der Waals surface area contributed by atoms with Gasteiger partial charge in [0.2, 0.25) is 0 Å². The second kappa shape index (κ2) is 9.84. The molecule has 1 aromatic carbocycles. The lowest BCUT2D eigenvalue weighted by Gasteiger charge is -2.11. The average Bonchev–Trinajstić information content (AvgIpc) is 3.45. The third kappa shape index (κ3) is 5.52. The molecule has 3 N–H and O–H groups in total. The Kier molecular flexibility index (Phi) is 6.72. The van der Waals surface area contributed by atoms with E-state index in [1.807, 2.05) is 12.1 Å². The van der Waals surface area contributed by atoms with E-state index in [1.54, 1.807) is 36.4 Å². The van der Waals surface area contributed by atoms with Crippen molar-refractivity contribution in [3.63, 3.8) is 0 Å². The van der Waals surface area contributed by atoms with Gasteiger partial charge in [0, 0.05) is 6.20 Å². The van der Waals surface area contributed by atoms with E-state index in [4.69, 9.17) is 13.6 Å². The molecule has 0 atom stereocenters. The van der Waals surface area contributed by atoms with Crippen molar-refractivity contribution in [1.29, 1.82) is 0 Å². The fourth-order valence-electron chi connectivity index (χ4n) is 2.50. The third-order valence-electron chi connectivity index (χ3n) is 3.97. The number of anilines is 1. The highest BCUT2D eigenvalue weighted by Crippen LogP contribution is 2.23. The van der Waals surface area contributed by atoms with Crippen LogP contribution in [0.5, 0.6) is 5.75 Å². The maximum Gasteiger partial charge on any atom is 0.258 e. The van der Waals surface area contributed by atoms with Gasteiger partial charge in [0.05, 0.1) is 38.4 Å². The Morgan fingerprint density at radius 3 is 2.00 bits per heavy atom. The number of methoxy groups -OCH3 is 1. The molecule has 0 radical (unpaired) electrons. The normalized spacial score (nSPS) is 10.1. The number of ether oxygens (including phenoxy) is 1. The van der Waals surface area contributed by atoms with Crippen molar-refractivity contribution in [1.82, 2.24) is 10.6 Å². The van der Waals surface area contributed by atoms with Crippen LogP contribution in [-0.2, 0) is 22.7 Å². The van der Waals surface area contributed by atoms with Crippen molar-refractivity contribution in [3.05, 3.63) is 84.4 Å². The lowest BCUT2D eigenvalue weighted by Crippen LogP contribution is -2.34.